The van der Waals surface area contributed by atoms with Crippen LogP contribution in [0.1, 0.15) is 47.8 Å². The first-order valence-corrected chi connectivity index (χ1v) is 8.26. The molecule has 2 heterocycles. The Kier molecular flexibility index (Phi) is 4.70. The molecule has 0 aliphatic carbocycles. The SMILES string of the molecule is CC(C)CC1CN(c2cc(F)cc(F)c2)Cc2cnc(C(=O)O)cc21. The van der Waals surface area contributed by atoms with Crippen molar-refractivity contribution in [3.05, 3.63) is 58.9 Å². The maximum absolute atomic E-state index is 13.6. The molecule has 0 amide bonds. The molecule has 0 radical (unpaired) electrons. The van der Waals surface area contributed by atoms with Gasteiger partial charge in [0.2, 0.25) is 0 Å². The number of hydrogen-bond donors (Lipinski definition) is 1. The first-order valence-electron chi connectivity index (χ1n) is 8.26. The molecule has 4 nitrogen and oxygen atoms in total. The second-order valence-electron chi connectivity index (χ2n) is 6.91. The minimum absolute atomic E-state index is 0.0257. The summed E-state index contributed by atoms with van der Waals surface area (Å²) in [7, 11) is 0. The van der Waals surface area contributed by atoms with E-state index in [1.54, 1.807) is 12.3 Å². The molecular weight excluding hydrogens is 326 g/mol. The van der Waals surface area contributed by atoms with Gasteiger partial charge in [-0.15, -0.1) is 0 Å². The number of carboxylic acid groups (broad SMARTS) is 1. The first-order chi connectivity index (χ1) is 11.8. The van der Waals surface area contributed by atoms with Gasteiger partial charge in [-0.05, 0) is 41.7 Å². The van der Waals surface area contributed by atoms with Crippen LogP contribution < -0.4 is 4.90 Å². The summed E-state index contributed by atoms with van der Waals surface area (Å²) >= 11 is 0. The van der Waals surface area contributed by atoms with Gasteiger partial charge in [-0.2, -0.15) is 0 Å². The van der Waals surface area contributed by atoms with E-state index >= 15 is 0 Å². The van der Waals surface area contributed by atoms with E-state index in [-0.39, 0.29) is 11.6 Å². The topological polar surface area (TPSA) is 53.4 Å². The number of nitrogens with zero attached hydrogens (tertiary/aromatic N) is 2. The van der Waals surface area contributed by atoms with Gasteiger partial charge >= 0.3 is 5.97 Å². The number of rotatable bonds is 4. The Morgan fingerprint density at radius 2 is 1.96 bits per heavy atom. The fourth-order valence-corrected chi connectivity index (χ4v) is 3.45. The van der Waals surface area contributed by atoms with Crippen molar-refractivity contribution in [1.29, 1.82) is 0 Å². The zero-order chi connectivity index (χ0) is 18.1. The number of carboxylic acids is 1. The quantitative estimate of drug-likeness (QED) is 0.901. The summed E-state index contributed by atoms with van der Waals surface area (Å²) in [6, 6.07) is 5.13. The predicted molar refractivity (Wildman–Crippen MR) is 90.8 cm³/mol. The number of benzene rings is 1. The van der Waals surface area contributed by atoms with Crippen molar-refractivity contribution in [1.82, 2.24) is 4.98 Å². The van der Waals surface area contributed by atoms with Crippen molar-refractivity contribution >= 4 is 11.7 Å². The van der Waals surface area contributed by atoms with Crippen LogP contribution in [0.15, 0.2) is 30.5 Å². The van der Waals surface area contributed by atoms with Crippen LogP contribution in [0.3, 0.4) is 0 Å². The van der Waals surface area contributed by atoms with Crippen molar-refractivity contribution < 1.29 is 18.7 Å². The third-order valence-electron chi connectivity index (χ3n) is 4.45. The van der Waals surface area contributed by atoms with E-state index in [2.05, 4.69) is 18.8 Å². The van der Waals surface area contributed by atoms with Crippen LogP contribution in [0.4, 0.5) is 14.5 Å². The average Bonchev–Trinajstić information content (AvgIpc) is 2.52. The van der Waals surface area contributed by atoms with E-state index in [0.717, 1.165) is 23.6 Å². The van der Waals surface area contributed by atoms with Crippen LogP contribution in [0.25, 0.3) is 0 Å². The molecule has 1 atom stereocenters. The Balaban J connectivity index is 2.00. The monoisotopic (exact) mass is 346 g/mol. The van der Waals surface area contributed by atoms with Crippen LogP contribution in [-0.2, 0) is 6.54 Å². The van der Waals surface area contributed by atoms with E-state index in [0.29, 0.717) is 24.7 Å². The molecule has 1 aliphatic rings. The molecule has 3 rings (SSSR count). The van der Waals surface area contributed by atoms with Gasteiger partial charge in [-0.25, -0.2) is 18.6 Å². The van der Waals surface area contributed by atoms with Gasteiger partial charge in [0, 0.05) is 37.0 Å². The number of carbonyl (C=O) groups is 1. The van der Waals surface area contributed by atoms with E-state index < -0.39 is 17.6 Å². The molecule has 0 saturated carbocycles. The molecule has 1 aromatic carbocycles. The largest absolute Gasteiger partial charge is 0.477 e. The molecule has 1 aliphatic heterocycles. The summed E-state index contributed by atoms with van der Waals surface area (Å²) in [5.41, 5.74) is 2.37. The van der Waals surface area contributed by atoms with Crippen LogP contribution in [0.2, 0.25) is 0 Å². The van der Waals surface area contributed by atoms with E-state index in [9.17, 15) is 18.7 Å². The van der Waals surface area contributed by atoms with Crippen molar-refractivity contribution in [2.75, 3.05) is 11.4 Å². The van der Waals surface area contributed by atoms with Crippen molar-refractivity contribution in [2.24, 2.45) is 5.92 Å². The molecule has 0 fully saturated rings. The minimum atomic E-state index is -1.05. The summed E-state index contributed by atoms with van der Waals surface area (Å²) < 4.78 is 27.2. The van der Waals surface area contributed by atoms with E-state index in [1.165, 1.54) is 12.1 Å². The Labute approximate surface area is 145 Å². The number of anilines is 1. The fraction of sp³-hybridized carbons (Fsp3) is 0.368. The molecule has 1 aromatic heterocycles. The standard InChI is InChI=1S/C19H20F2N2O2/c1-11(2)3-12-9-23(16-5-14(20)4-15(21)6-16)10-13-8-22-18(19(24)25)7-17(12)13/h4-8,11-12H,3,9-10H2,1-2H3,(H,24,25). The maximum Gasteiger partial charge on any atom is 0.354 e. The molecule has 132 valence electrons. The lowest BCUT2D eigenvalue weighted by Gasteiger charge is -2.37. The van der Waals surface area contributed by atoms with E-state index in [1.807, 2.05) is 4.90 Å². The lowest BCUT2D eigenvalue weighted by Crippen LogP contribution is -2.34. The number of fused-ring (bicyclic) bond motifs is 1. The third-order valence-corrected chi connectivity index (χ3v) is 4.45. The molecular formula is C19H20F2N2O2. The van der Waals surface area contributed by atoms with Gasteiger partial charge in [0.05, 0.1) is 0 Å². The highest BCUT2D eigenvalue weighted by Gasteiger charge is 2.28. The summed E-state index contributed by atoms with van der Waals surface area (Å²) in [6.45, 7) is 5.22. The molecule has 1 N–H and O–H groups in total. The van der Waals surface area contributed by atoms with Gasteiger partial charge in [0.15, 0.2) is 0 Å². The fourth-order valence-electron chi connectivity index (χ4n) is 3.45. The van der Waals surface area contributed by atoms with Crippen LogP contribution in [-0.4, -0.2) is 22.6 Å². The number of hydrogen-bond acceptors (Lipinski definition) is 3. The Morgan fingerprint density at radius 1 is 1.28 bits per heavy atom. The number of pyridine rings is 1. The van der Waals surface area contributed by atoms with Gasteiger partial charge in [-0.1, -0.05) is 13.8 Å². The Hall–Kier alpha value is -2.50. The Bertz CT molecular complexity index is 788. The molecule has 2 aromatic rings. The third kappa shape index (κ3) is 3.78. The molecule has 25 heavy (non-hydrogen) atoms. The highest BCUT2D eigenvalue weighted by atomic mass is 19.1. The zero-order valence-electron chi connectivity index (χ0n) is 14.2. The smallest absolute Gasteiger partial charge is 0.354 e. The van der Waals surface area contributed by atoms with Gasteiger partial charge in [0.1, 0.15) is 17.3 Å². The second-order valence-corrected chi connectivity index (χ2v) is 6.91. The summed E-state index contributed by atoms with van der Waals surface area (Å²) in [4.78, 5) is 17.1. The first kappa shape index (κ1) is 17.3. The second kappa shape index (κ2) is 6.78. The van der Waals surface area contributed by atoms with Crippen LogP contribution in [0, 0.1) is 17.6 Å². The number of aromatic carboxylic acids is 1. The lowest BCUT2D eigenvalue weighted by molar-refractivity contribution is 0.0690. The lowest BCUT2D eigenvalue weighted by atomic mass is 9.84. The number of aromatic nitrogens is 1. The predicted octanol–water partition coefficient (Wildman–Crippen LogP) is 4.21. The molecule has 0 bridgehead atoms. The normalized spacial score (nSPS) is 16.8. The molecule has 6 heteroatoms. The number of halogens is 2. The van der Waals surface area contributed by atoms with Crippen LogP contribution in [0.5, 0.6) is 0 Å². The highest BCUT2D eigenvalue weighted by Crippen LogP contribution is 2.35. The van der Waals surface area contributed by atoms with Crippen molar-refractivity contribution in [2.45, 2.75) is 32.7 Å². The summed E-state index contributed by atoms with van der Waals surface area (Å²) in [5, 5.41) is 9.19. The maximum atomic E-state index is 13.6. The summed E-state index contributed by atoms with van der Waals surface area (Å²) in [5.74, 6) is -1.79. The average molecular weight is 346 g/mol. The molecule has 0 spiro atoms. The van der Waals surface area contributed by atoms with Gasteiger partial charge in [0.25, 0.3) is 0 Å². The molecule has 1 unspecified atom stereocenters. The zero-order valence-corrected chi connectivity index (χ0v) is 14.2. The Morgan fingerprint density at radius 3 is 2.56 bits per heavy atom. The summed E-state index contributed by atoms with van der Waals surface area (Å²) in [6.07, 6.45) is 2.41. The van der Waals surface area contributed by atoms with E-state index in [4.69, 9.17) is 0 Å². The van der Waals surface area contributed by atoms with Crippen molar-refractivity contribution in [3.63, 3.8) is 0 Å². The van der Waals surface area contributed by atoms with Crippen molar-refractivity contribution in [3.8, 4) is 0 Å². The molecule has 0 saturated heterocycles. The van der Waals surface area contributed by atoms with Crippen LogP contribution >= 0.6 is 0 Å². The highest BCUT2D eigenvalue weighted by molar-refractivity contribution is 5.85. The van der Waals surface area contributed by atoms with Gasteiger partial charge in [-0.3, -0.25) is 0 Å². The van der Waals surface area contributed by atoms with Gasteiger partial charge < -0.3 is 10.0 Å². The minimum Gasteiger partial charge on any atom is -0.477 e.